The molecule has 0 aromatic heterocycles. The number of rotatable bonds is 1. The molecule has 3 nitrogen and oxygen atoms in total. The van der Waals surface area contributed by atoms with Gasteiger partial charge in [0, 0.05) is 12.6 Å². The predicted molar refractivity (Wildman–Crippen MR) is 48.5 cm³/mol. The first-order valence-electron chi connectivity index (χ1n) is 3.93. The SMILES string of the molecule is C#CCN1CCS(=O)(=O)C[C@@H]1C. The van der Waals surface area contributed by atoms with E-state index >= 15 is 0 Å². The largest absolute Gasteiger partial charge is 0.288 e. The van der Waals surface area contributed by atoms with Crippen molar-refractivity contribution in [3.63, 3.8) is 0 Å². The van der Waals surface area contributed by atoms with Gasteiger partial charge in [0.05, 0.1) is 18.1 Å². The fourth-order valence-corrected chi connectivity index (χ4v) is 3.01. The Bertz CT molecular complexity index is 289. The topological polar surface area (TPSA) is 37.4 Å². The van der Waals surface area contributed by atoms with E-state index in [1.54, 1.807) is 0 Å². The van der Waals surface area contributed by atoms with Gasteiger partial charge in [-0.15, -0.1) is 6.42 Å². The van der Waals surface area contributed by atoms with Crippen LogP contribution in [-0.4, -0.2) is 44.0 Å². The van der Waals surface area contributed by atoms with Gasteiger partial charge >= 0.3 is 0 Å². The van der Waals surface area contributed by atoms with E-state index in [0.29, 0.717) is 13.1 Å². The first-order valence-corrected chi connectivity index (χ1v) is 5.75. The molecule has 1 aliphatic heterocycles. The minimum absolute atomic E-state index is 0.0693. The van der Waals surface area contributed by atoms with E-state index in [1.807, 2.05) is 11.8 Å². The van der Waals surface area contributed by atoms with E-state index in [9.17, 15) is 8.42 Å². The molecule has 0 aromatic rings. The molecule has 12 heavy (non-hydrogen) atoms. The first-order chi connectivity index (χ1) is 5.55. The highest BCUT2D eigenvalue weighted by Gasteiger charge is 2.26. The smallest absolute Gasteiger partial charge is 0.153 e. The molecule has 1 saturated heterocycles. The van der Waals surface area contributed by atoms with Gasteiger partial charge in [-0.2, -0.15) is 0 Å². The summed E-state index contributed by atoms with van der Waals surface area (Å²) in [6, 6.07) is 0.0693. The minimum Gasteiger partial charge on any atom is -0.288 e. The van der Waals surface area contributed by atoms with Crippen LogP contribution in [0.15, 0.2) is 0 Å². The van der Waals surface area contributed by atoms with Crippen molar-refractivity contribution in [1.29, 1.82) is 0 Å². The van der Waals surface area contributed by atoms with Crippen LogP contribution in [0.1, 0.15) is 6.92 Å². The predicted octanol–water partition coefficient (Wildman–Crippen LogP) is -0.261. The van der Waals surface area contributed by atoms with Crippen molar-refractivity contribution < 1.29 is 8.42 Å². The van der Waals surface area contributed by atoms with Crippen LogP contribution in [-0.2, 0) is 9.84 Å². The lowest BCUT2D eigenvalue weighted by Gasteiger charge is -2.31. The van der Waals surface area contributed by atoms with Gasteiger partial charge in [-0.3, -0.25) is 4.90 Å². The van der Waals surface area contributed by atoms with Crippen molar-refractivity contribution in [2.24, 2.45) is 0 Å². The van der Waals surface area contributed by atoms with Gasteiger partial charge in [0.15, 0.2) is 9.84 Å². The third-order valence-electron chi connectivity index (χ3n) is 2.10. The molecule has 0 spiro atoms. The third-order valence-corrected chi connectivity index (χ3v) is 3.90. The second-order valence-electron chi connectivity index (χ2n) is 3.14. The molecule has 1 fully saturated rings. The van der Waals surface area contributed by atoms with Crippen LogP contribution in [0.5, 0.6) is 0 Å². The van der Waals surface area contributed by atoms with Crippen molar-refractivity contribution in [2.75, 3.05) is 24.6 Å². The van der Waals surface area contributed by atoms with Gasteiger partial charge in [-0.25, -0.2) is 8.42 Å². The van der Waals surface area contributed by atoms with Crippen LogP contribution in [0.2, 0.25) is 0 Å². The molecule has 1 rings (SSSR count). The molecule has 1 atom stereocenters. The lowest BCUT2D eigenvalue weighted by Crippen LogP contribution is -2.46. The van der Waals surface area contributed by atoms with Crippen LogP contribution in [0.25, 0.3) is 0 Å². The van der Waals surface area contributed by atoms with Crippen LogP contribution >= 0.6 is 0 Å². The van der Waals surface area contributed by atoms with Gasteiger partial charge in [-0.1, -0.05) is 5.92 Å². The molecular weight excluding hydrogens is 174 g/mol. The molecule has 0 radical (unpaired) electrons. The fraction of sp³-hybridized carbons (Fsp3) is 0.750. The van der Waals surface area contributed by atoms with Gasteiger partial charge in [-0.05, 0) is 6.92 Å². The summed E-state index contributed by atoms with van der Waals surface area (Å²) < 4.78 is 22.3. The molecule has 4 heteroatoms. The Morgan fingerprint density at radius 1 is 1.67 bits per heavy atom. The Labute approximate surface area is 73.7 Å². The van der Waals surface area contributed by atoms with Crippen molar-refractivity contribution in [3.8, 4) is 12.3 Å². The minimum atomic E-state index is -2.79. The molecule has 68 valence electrons. The van der Waals surface area contributed by atoms with Crippen LogP contribution < -0.4 is 0 Å². The summed E-state index contributed by atoms with van der Waals surface area (Å²) in [5.74, 6) is 3.02. The van der Waals surface area contributed by atoms with Crippen molar-refractivity contribution in [1.82, 2.24) is 4.90 Å². The lowest BCUT2D eigenvalue weighted by atomic mass is 10.3. The third kappa shape index (κ3) is 2.23. The standard InChI is InChI=1S/C8H13NO2S/c1-3-4-9-5-6-12(10,11)7-8(9)2/h1,8H,4-7H2,2H3/t8-/m0/s1. The summed E-state index contributed by atoms with van der Waals surface area (Å²) in [6.07, 6.45) is 5.15. The molecule has 0 amide bonds. The lowest BCUT2D eigenvalue weighted by molar-refractivity contribution is 0.255. The Kier molecular flexibility index (Phi) is 2.76. The highest BCUT2D eigenvalue weighted by molar-refractivity contribution is 7.91. The maximum Gasteiger partial charge on any atom is 0.153 e. The average molecular weight is 187 g/mol. The van der Waals surface area contributed by atoms with Crippen LogP contribution in [0.3, 0.4) is 0 Å². The molecule has 1 aliphatic rings. The summed E-state index contributed by atoms with van der Waals surface area (Å²) >= 11 is 0. The number of hydrogen-bond acceptors (Lipinski definition) is 3. The quantitative estimate of drug-likeness (QED) is 0.531. The van der Waals surface area contributed by atoms with Crippen LogP contribution in [0, 0.1) is 12.3 Å². The van der Waals surface area contributed by atoms with E-state index in [-0.39, 0.29) is 17.5 Å². The zero-order chi connectivity index (χ0) is 9.19. The summed E-state index contributed by atoms with van der Waals surface area (Å²) in [5.41, 5.74) is 0. The zero-order valence-corrected chi connectivity index (χ0v) is 7.97. The second-order valence-corrected chi connectivity index (χ2v) is 5.37. The molecule has 1 heterocycles. The van der Waals surface area contributed by atoms with E-state index in [0.717, 1.165) is 0 Å². The Balaban J connectivity index is 2.61. The molecule has 0 N–H and O–H groups in total. The monoisotopic (exact) mass is 187 g/mol. The Hall–Kier alpha value is -0.530. The summed E-state index contributed by atoms with van der Waals surface area (Å²) in [5, 5.41) is 0. The maximum absolute atomic E-state index is 11.1. The molecule has 0 unspecified atom stereocenters. The molecule has 0 aliphatic carbocycles. The van der Waals surface area contributed by atoms with E-state index < -0.39 is 9.84 Å². The number of hydrogen-bond donors (Lipinski definition) is 0. The molecule has 0 bridgehead atoms. The zero-order valence-electron chi connectivity index (χ0n) is 7.16. The van der Waals surface area contributed by atoms with Gasteiger partial charge in [0.1, 0.15) is 0 Å². The molecule has 0 aromatic carbocycles. The summed E-state index contributed by atoms with van der Waals surface area (Å²) in [7, 11) is -2.79. The number of sulfone groups is 1. The highest BCUT2D eigenvalue weighted by Crippen LogP contribution is 2.09. The van der Waals surface area contributed by atoms with Gasteiger partial charge in [0.25, 0.3) is 0 Å². The number of nitrogens with zero attached hydrogens (tertiary/aromatic N) is 1. The Morgan fingerprint density at radius 3 is 2.83 bits per heavy atom. The van der Waals surface area contributed by atoms with Crippen molar-refractivity contribution in [2.45, 2.75) is 13.0 Å². The van der Waals surface area contributed by atoms with E-state index in [4.69, 9.17) is 6.42 Å². The number of terminal acetylenes is 1. The summed E-state index contributed by atoms with van der Waals surface area (Å²) in [4.78, 5) is 2.01. The molecule has 0 saturated carbocycles. The van der Waals surface area contributed by atoms with Crippen LogP contribution in [0.4, 0.5) is 0 Å². The highest BCUT2D eigenvalue weighted by atomic mass is 32.2. The van der Waals surface area contributed by atoms with Gasteiger partial charge < -0.3 is 0 Å². The van der Waals surface area contributed by atoms with E-state index in [2.05, 4.69) is 5.92 Å². The van der Waals surface area contributed by atoms with E-state index in [1.165, 1.54) is 0 Å². The maximum atomic E-state index is 11.1. The summed E-state index contributed by atoms with van der Waals surface area (Å²) in [6.45, 7) is 3.03. The molecular formula is C8H13NO2S. The van der Waals surface area contributed by atoms with Crippen molar-refractivity contribution >= 4 is 9.84 Å². The normalized spacial score (nSPS) is 29.5. The van der Waals surface area contributed by atoms with Crippen molar-refractivity contribution in [3.05, 3.63) is 0 Å². The average Bonchev–Trinajstić information content (AvgIpc) is 1.94. The van der Waals surface area contributed by atoms with Gasteiger partial charge in [0.2, 0.25) is 0 Å². The fourth-order valence-electron chi connectivity index (χ4n) is 1.39. The first kappa shape index (κ1) is 9.56. The Morgan fingerprint density at radius 2 is 2.33 bits per heavy atom. The second kappa shape index (κ2) is 3.46.